The lowest BCUT2D eigenvalue weighted by molar-refractivity contribution is 0.458. The minimum Gasteiger partial charge on any atom is -0.372 e. The van der Waals surface area contributed by atoms with Crippen molar-refractivity contribution < 1.29 is 0 Å². The maximum Gasteiger partial charge on any atom is 0.0870 e. The van der Waals surface area contributed by atoms with Gasteiger partial charge in [0.15, 0.2) is 0 Å². The van der Waals surface area contributed by atoms with Crippen LogP contribution in [0.1, 0.15) is 0 Å². The van der Waals surface area contributed by atoms with Gasteiger partial charge < -0.3 is 10.2 Å². The first-order chi connectivity index (χ1) is 2.89. The van der Waals surface area contributed by atoms with E-state index < -0.39 is 0 Å². The Morgan fingerprint density at radius 2 is 2.83 bits per heavy atom. The maximum absolute atomic E-state index is 2.96. The summed E-state index contributed by atoms with van der Waals surface area (Å²) in [7, 11) is 1.97. The predicted molar refractivity (Wildman–Crippen MR) is 23.6 cm³/mol. The zero-order valence-electron chi connectivity index (χ0n) is 3.73. The van der Waals surface area contributed by atoms with Gasteiger partial charge in [0, 0.05) is 13.2 Å². The molecule has 1 rings (SSSR count). The Kier molecular flexibility index (Phi) is 0.708. The Bertz CT molecular complexity index is 67.9. The molecule has 1 N–H and O–H groups in total. The highest BCUT2D eigenvalue weighted by Crippen LogP contribution is 1.83. The van der Waals surface area contributed by atoms with Crippen LogP contribution in [0.4, 0.5) is 0 Å². The molecule has 1 aliphatic heterocycles. The Labute approximate surface area is 37.4 Å². The van der Waals surface area contributed by atoms with Gasteiger partial charge in [-0.15, -0.1) is 0 Å². The third-order valence-electron chi connectivity index (χ3n) is 0.715. The normalized spacial score (nSPS) is 18.5. The van der Waals surface area contributed by atoms with Gasteiger partial charge in [-0.05, 0) is 0 Å². The molecule has 2 heteroatoms. The van der Waals surface area contributed by atoms with Gasteiger partial charge in [-0.3, -0.25) is 0 Å². The SMILES string of the molecule is CN1[C]=CNC1. The van der Waals surface area contributed by atoms with Crippen LogP contribution in [0.15, 0.2) is 6.20 Å². The summed E-state index contributed by atoms with van der Waals surface area (Å²) >= 11 is 0. The van der Waals surface area contributed by atoms with E-state index in [9.17, 15) is 0 Å². The van der Waals surface area contributed by atoms with Crippen LogP contribution in [0.5, 0.6) is 0 Å². The van der Waals surface area contributed by atoms with Crippen LogP contribution >= 0.6 is 0 Å². The lowest BCUT2D eigenvalue weighted by Gasteiger charge is -2.01. The molecule has 0 atom stereocenters. The average Bonchev–Trinajstić information content (AvgIpc) is 1.86. The molecule has 0 unspecified atom stereocenters. The molecule has 6 heavy (non-hydrogen) atoms. The molecule has 2 nitrogen and oxygen atoms in total. The lowest BCUT2D eigenvalue weighted by atomic mass is 10.9. The molecular formula is C4H7N2. The van der Waals surface area contributed by atoms with E-state index in [-0.39, 0.29) is 0 Å². The summed E-state index contributed by atoms with van der Waals surface area (Å²) in [5, 5.41) is 2.96. The van der Waals surface area contributed by atoms with Crippen LogP contribution in [-0.4, -0.2) is 18.6 Å². The van der Waals surface area contributed by atoms with Gasteiger partial charge in [0.25, 0.3) is 0 Å². The molecule has 1 aliphatic rings. The van der Waals surface area contributed by atoms with E-state index in [1.807, 2.05) is 11.9 Å². The van der Waals surface area contributed by atoms with Crippen molar-refractivity contribution in [2.24, 2.45) is 0 Å². The van der Waals surface area contributed by atoms with Gasteiger partial charge in [0.05, 0.1) is 12.9 Å². The van der Waals surface area contributed by atoms with Crippen LogP contribution in [0.3, 0.4) is 0 Å². The number of nitrogens with zero attached hydrogens (tertiary/aromatic N) is 1. The highest BCUT2D eigenvalue weighted by atomic mass is 15.2. The largest absolute Gasteiger partial charge is 0.372 e. The predicted octanol–water partition coefficient (Wildman–Crippen LogP) is -0.247. The van der Waals surface area contributed by atoms with E-state index in [2.05, 4.69) is 11.5 Å². The number of nitrogens with one attached hydrogen (secondary N) is 1. The number of hydrogen-bond acceptors (Lipinski definition) is 2. The quantitative estimate of drug-likeness (QED) is 0.434. The molecular weight excluding hydrogens is 76.1 g/mol. The Morgan fingerprint density at radius 1 is 2.00 bits per heavy atom. The zero-order valence-corrected chi connectivity index (χ0v) is 3.73. The first-order valence-electron chi connectivity index (χ1n) is 1.92. The monoisotopic (exact) mass is 83.1 g/mol. The van der Waals surface area contributed by atoms with Gasteiger partial charge >= 0.3 is 0 Å². The molecule has 0 saturated heterocycles. The summed E-state index contributed by atoms with van der Waals surface area (Å²) in [5.41, 5.74) is 0. The van der Waals surface area contributed by atoms with Crippen molar-refractivity contribution in [2.75, 3.05) is 13.7 Å². The van der Waals surface area contributed by atoms with Crippen LogP contribution in [0.2, 0.25) is 0 Å². The Morgan fingerprint density at radius 3 is 3.00 bits per heavy atom. The van der Waals surface area contributed by atoms with Crippen LogP contribution in [-0.2, 0) is 0 Å². The van der Waals surface area contributed by atoms with Crippen molar-refractivity contribution in [3.05, 3.63) is 12.4 Å². The third kappa shape index (κ3) is 0.455. The molecule has 1 heterocycles. The minimum absolute atomic E-state index is 0.903. The molecule has 0 saturated carbocycles. The van der Waals surface area contributed by atoms with Gasteiger partial charge in [0.1, 0.15) is 0 Å². The second-order valence-electron chi connectivity index (χ2n) is 1.33. The van der Waals surface area contributed by atoms with E-state index >= 15 is 0 Å². The molecule has 0 aliphatic carbocycles. The Balaban J connectivity index is 2.38. The fraction of sp³-hybridized carbons (Fsp3) is 0.500. The summed E-state index contributed by atoms with van der Waals surface area (Å²) in [6.07, 6.45) is 4.72. The summed E-state index contributed by atoms with van der Waals surface area (Å²) in [4.78, 5) is 1.94. The number of rotatable bonds is 0. The first kappa shape index (κ1) is 3.53. The molecule has 0 aromatic carbocycles. The van der Waals surface area contributed by atoms with Crippen molar-refractivity contribution in [2.45, 2.75) is 0 Å². The van der Waals surface area contributed by atoms with E-state index in [1.165, 1.54) is 0 Å². The van der Waals surface area contributed by atoms with E-state index in [4.69, 9.17) is 0 Å². The summed E-state index contributed by atoms with van der Waals surface area (Å²) in [6.45, 7) is 0.903. The third-order valence-corrected chi connectivity index (χ3v) is 0.715. The highest BCUT2D eigenvalue weighted by molar-refractivity contribution is 4.76. The second kappa shape index (κ2) is 1.20. The van der Waals surface area contributed by atoms with Gasteiger partial charge in [-0.25, -0.2) is 0 Å². The second-order valence-corrected chi connectivity index (χ2v) is 1.33. The highest BCUT2D eigenvalue weighted by Gasteiger charge is 1.91. The molecule has 0 aromatic rings. The van der Waals surface area contributed by atoms with Crippen molar-refractivity contribution in [1.29, 1.82) is 0 Å². The van der Waals surface area contributed by atoms with Gasteiger partial charge in [-0.2, -0.15) is 0 Å². The maximum atomic E-state index is 2.96. The van der Waals surface area contributed by atoms with Crippen molar-refractivity contribution in [3.63, 3.8) is 0 Å². The summed E-state index contributed by atoms with van der Waals surface area (Å²) in [6, 6.07) is 0. The minimum atomic E-state index is 0.903. The van der Waals surface area contributed by atoms with Gasteiger partial charge in [-0.1, -0.05) is 0 Å². The molecule has 0 fully saturated rings. The van der Waals surface area contributed by atoms with E-state index in [0.717, 1.165) is 6.67 Å². The van der Waals surface area contributed by atoms with Crippen molar-refractivity contribution >= 4 is 0 Å². The standard InChI is InChI=1S/C4H7N2/c1-6-3-2-5-4-6/h2,5H,4H2,1H3. The average molecular weight is 83.1 g/mol. The van der Waals surface area contributed by atoms with Crippen molar-refractivity contribution in [3.8, 4) is 0 Å². The Hall–Kier alpha value is -0.660. The zero-order chi connectivity index (χ0) is 4.41. The van der Waals surface area contributed by atoms with Gasteiger partial charge in [0.2, 0.25) is 0 Å². The van der Waals surface area contributed by atoms with Crippen LogP contribution < -0.4 is 5.32 Å². The van der Waals surface area contributed by atoms with E-state index in [0.29, 0.717) is 0 Å². The van der Waals surface area contributed by atoms with Crippen LogP contribution in [0, 0.1) is 6.20 Å². The fourth-order valence-electron chi connectivity index (χ4n) is 0.384. The summed E-state index contributed by atoms with van der Waals surface area (Å²) in [5.74, 6) is 0. The fourth-order valence-corrected chi connectivity index (χ4v) is 0.384. The lowest BCUT2D eigenvalue weighted by Crippen LogP contribution is -2.14. The molecule has 0 bridgehead atoms. The first-order valence-corrected chi connectivity index (χ1v) is 1.92. The molecule has 0 amide bonds. The smallest absolute Gasteiger partial charge is 0.0870 e. The number of hydrogen-bond donors (Lipinski definition) is 1. The van der Waals surface area contributed by atoms with Crippen molar-refractivity contribution in [1.82, 2.24) is 10.2 Å². The van der Waals surface area contributed by atoms with E-state index in [1.54, 1.807) is 6.20 Å². The molecule has 0 spiro atoms. The molecule has 0 aromatic heterocycles. The topological polar surface area (TPSA) is 15.3 Å². The molecule has 33 valence electrons. The summed E-state index contributed by atoms with van der Waals surface area (Å²) < 4.78 is 0. The van der Waals surface area contributed by atoms with Crippen LogP contribution in [0.25, 0.3) is 0 Å². The molecule has 1 radical (unpaired) electrons.